The van der Waals surface area contributed by atoms with E-state index >= 15 is 0 Å². The number of rotatable bonds is 5. The fourth-order valence-electron chi connectivity index (χ4n) is 5.00. The van der Waals surface area contributed by atoms with Gasteiger partial charge in [-0.3, -0.25) is 14.6 Å². The molecular formula is C26H30N2O4. The molecule has 2 fully saturated rings. The minimum atomic E-state index is -0.643. The number of aryl methyl sites for hydroxylation is 1. The number of amides is 1. The fraction of sp³-hybridized carbons (Fsp3) is 0.423. The van der Waals surface area contributed by atoms with E-state index in [1.165, 1.54) is 0 Å². The third kappa shape index (κ3) is 3.68. The van der Waals surface area contributed by atoms with Gasteiger partial charge in [0.1, 0.15) is 11.5 Å². The SMILES string of the molecule is COc1cc(C)c(/C(O)=C2\C(=O)C(=O)N(C3CCCC3)C2c2cccnc2)cc1C(C)C. The molecule has 1 unspecified atom stereocenters. The number of hydrogen-bond acceptors (Lipinski definition) is 5. The Labute approximate surface area is 188 Å². The predicted octanol–water partition coefficient (Wildman–Crippen LogP) is 4.89. The second-order valence-electron chi connectivity index (χ2n) is 8.99. The first-order valence-electron chi connectivity index (χ1n) is 11.2. The highest BCUT2D eigenvalue weighted by molar-refractivity contribution is 6.46. The van der Waals surface area contributed by atoms with Gasteiger partial charge in [0.2, 0.25) is 0 Å². The smallest absolute Gasteiger partial charge is 0.295 e. The molecule has 0 spiro atoms. The topological polar surface area (TPSA) is 79.7 Å². The van der Waals surface area contributed by atoms with Crippen molar-refractivity contribution in [1.82, 2.24) is 9.88 Å². The van der Waals surface area contributed by atoms with Crippen LogP contribution in [0.1, 0.15) is 73.7 Å². The van der Waals surface area contributed by atoms with E-state index in [4.69, 9.17) is 4.74 Å². The summed E-state index contributed by atoms with van der Waals surface area (Å²) in [6.07, 6.45) is 7.12. The molecule has 0 radical (unpaired) electrons. The number of ketones is 1. The maximum atomic E-state index is 13.3. The quantitative estimate of drug-likeness (QED) is 0.412. The monoisotopic (exact) mass is 434 g/mol. The Bertz CT molecular complexity index is 1070. The largest absolute Gasteiger partial charge is 0.507 e. The number of aromatic nitrogens is 1. The van der Waals surface area contributed by atoms with Gasteiger partial charge < -0.3 is 14.7 Å². The van der Waals surface area contributed by atoms with Gasteiger partial charge in [-0.25, -0.2) is 0 Å². The van der Waals surface area contributed by atoms with Gasteiger partial charge in [0, 0.05) is 24.0 Å². The number of pyridine rings is 1. The minimum absolute atomic E-state index is 0.00912. The summed E-state index contributed by atoms with van der Waals surface area (Å²) < 4.78 is 5.53. The summed E-state index contributed by atoms with van der Waals surface area (Å²) >= 11 is 0. The second kappa shape index (κ2) is 8.77. The Morgan fingerprint density at radius 1 is 1.22 bits per heavy atom. The number of likely N-dealkylation sites (tertiary alicyclic amines) is 1. The molecule has 1 aliphatic carbocycles. The van der Waals surface area contributed by atoms with Crippen LogP contribution in [0.2, 0.25) is 0 Å². The van der Waals surface area contributed by atoms with E-state index < -0.39 is 17.7 Å². The Hall–Kier alpha value is -3.15. The van der Waals surface area contributed by atoms with Crippen molar-refractivity contribution < 1.29 is 19.4 Å². The average molecular weight is 435 g/mol. The second-order valence-corrected chi connectivity index (χ2v) is 8.99. The number of carbonyl (C=O) groups excluding carboxylic acids is 2. The van der Waals surface area contributed by atoms with Gasteiger partial charge in [0.05, 0.1) is 18.7 Å². The van der Waals surface area contributed by atoms with Crippen molar-refractivity contribution >= 4 is 17.4 Å². The van der Waals surface area contributed by atoms with Gasteiger partial charge in [-0.2, -0.15) is 0 Å². The highest BCUT2D eigenvalue weighted by atomic mass is 16.5. The van der Waals surface area contributed by atoms with E-state index in [-0.39, 0.29) is 23.3 Å². The lowest BCUT2D eigenvalue weighted by Gasteiger charge is -2.30. The molecule has 1 aliphatic heterocycles. The van der Waals surface area contributed by atoms with E-state index in [0.717, 1.165) is 48.1 Å². The molecule has 2 aliphatic rings. The van der Waals surface area contributed by atoms with Crippen LogP contribution < -0.4 is 4.74 Å². The molecule has 1 atom stereocenters. The average Bonchev–Trinajstić information content (AvgIpc) is 3.40. The summed E-state index contributed by atoms with van der Waals surface area (Å²) in [6, 6.07) is 6.74. The van der Waals surface area contributed by atoms with Gasteiger partial charge in [-0.1, -0.05) is 32.8 Å². The van der Waals surface area contributed by atoms with Crippen molar-refractivity contribution in [2.45, 2.75) is 64.5 Å². The molecule has 0 bridgehead atoms. The summed E-state index contributed by atoms with van der Waals surface area (Å²) in [4.78, 5) is 32.3. The van der Waals surface area contributed by atoms with Gasteiger partial charge in [0.15, 0.2) is 0 Å². The van der Waals surface area contributed by atoms with Crippen molar-refractivity contribution in [3.63, 3.8) is 0 Å². The highest BCUT2D eigenvalue weighted by Gasteiger charge is 2.49. The molecule has 1 aromatic carbocycles. The Balaban J connectivity index is 1.92. The first kappa shape index (κ1) is 22.1. The molecule has 6 heteroatoms. The maximum absolute atomic E-state index is 13.3. The van der Waals surface area contributed by atoms with Crippen LogP contribution in [0, 0.1) is 6.92 Å². The van der Waals surface area contributed by atoms with Crippen LogP contribution in [-0.4, -0.2) is 39.8 Å². The number of aliphatic hydroxyl groups is 1. The number of carbonyl (C=O) groups is 2. The predicted molar refractivity (Wildman–Crippen MR) is 122 cm³/mol. The van der Waals surface area contributed by atoms with Crippen LogP contribution in [0.5, 0.6) is 5.75 Å². The summed E-state index contributed by atoms with van der Waals surface area (Å²) in [5, 5.41) is 11.5. The molecule has 4 rings (SSSR count). The van der Waals surface area contributed by atoms with E-state index in [1.807, 2.05) is 39.0 Å². The van der Waals surface area contributed by atoms with Gasteiger partial charge in [-0.05, 0) is 60.6 Å². The molecule has 32 heavy (non-hydrogen) atoms. The lowest BCUT2D eigenvalue weighted by Crippen LogP contribution is -2.37. The molecule has 1 saturated heterocycles. The molecule has 1 amide bonds. The van der Waals surface area contributed by atoms with Crippen molar-refractivity contribution in [3.05, 3.63) is 64.5 Å². The molecule has 2 heterocycles. The Morgan fingerprint density at radius 2 is 1.94 bits per heavy atom. The van der Waals surface area contributed by atoms with Gasteiger partial charge >= 0.3 is 0 Å². The van der Waals surface area contributed by atoms with Crippen LogP contribution in [0.25, 0.3) is 5.76 Å². The zero-order chi connectivity index (χ0) is 23.0. The number of methoxy groups -OCH3 is 1. The lowest BCUT2D eigenvalue weighted by atomic mass is 9.91. The molecule has 2 aromatic rings. The molecule has 168 valence electrons. The Kier molecular flexibility index (Phi) is 6.04. The number of nitrogens with zero attached hydrogens (tertiary/aromatic N) is 2. The first-order valence-corrected chi connectivity index (χ1v) is 11.2. The third-order valence-electron chi connectivity index (χ3n) is 6.65. The molecular weight excluding hydrogens is 404 g/mol. The number of hydrogen-bond donors (Lipinski definition) is 1. The summed E-state index contributed by atoms with van der Waals surface area (Å²) in [6.45, 7) is 5.96. The number of ether oxygens (including phenoxy) is 1. The van der Waals surface area contributed by atoms with E-state index in [1.54, 1.807) is 30.5 Å². The zero-order valence-electron chi connectivity index (χ0n) is 19.1. The van der Waals surface area contributed by atoms with Crippen molar-refractivity contribution in [2.24, 2.45) is 0 Å². The summed E-state index contributed by atoms with van der Waals surface area (Å²) in [5.74, 6) is -0.414. The number of benzene rings is 1. The van der Waals surface area contributed by atoms with E-state index in [0.29, 0.717) is 5.56 Å². The maximum Gasteiger partial charge on any atom is 0.295 e. The normalized spacial score (nSPS) is 21.0. The van der Waals surface area contributed by atoms with E-state index in [2.05, 4.69) is 4.98 Å². The Morgan fingerprint density at radius 3 is 2.53 bits per heavy atom. The molecule has 6 nitrogen and oxygen atoms in total. The van der Waals surface area contributed by atoms with Crippen LogP contribution in [0.4, 0.5) is 0 Å². The number of aliphatic hydroxyl groups excluding tert-OH is 1. The standard InChI is InChI=1S/C26H30N2O4/c1-15(2)19-13-20(16(3)12-21(19)32-4)24(29)22-23(17-8-7-11-27-14-17)28(26(31)25(22)30)18-9-5-6-10-18/h7-8,11-15,18,23,29H,5-6,9-10H2,1-4H3/b24-22+. The fourth-order valence-corrected chi connectivity index (χ4v) is 5.00. The van der Waals surface area contributed by atoms with E-state index in [9.17, 15) is 14.7 Å². The summed E-state index contributed by atoms with van der Waals surface area (Å²) in [7, 11) is 1.62. The lowest BCUT2D eigenvalue weighted by molar-refractivity contribution is -0.141. The van der Waals surface area contributed by atoms with Gasteiger partial charge in [-0.15, -0.1) is 0 Å². The summed E-state index contributed by atoms with van der Waals surface area (Å²) in [5.41, 5.74) is 3.13. The third-order valence-corrected chi connectivity index (χ3v) is 6.65. The van der Waals surface area contributed by atoms with Crippen molar-refractivity contribution in [1.29, 1.82) is 0 Å². The minimum Gasteiger partial charge on any atom is -0.507 e. The molecule has 1 N–H and O–H groups in total. The van der Waals surface area contributed by atoms with Crippen molar-refractivity contribution in [3.8, 4) is 5.75 Å². The number of Topliss-reactive ketones (excluding diaryl/α,β-unsaturated/α-hetero) is 1. The molecule has 1 aromatic heterocycles. The van der Waals surface area contributed by atoms with Crippen LogP contribution in [0.15, 0.2) is 42.2 Å². The van der Waals surface area contributed by atoms with Gasteiger partial charge in [0.25, 0.3) is 11.7 Å². The van der Waals surface area contributed by atoms with Crippen LogP contribution >= 0.6 is 0 Å². The van der Waals surface area contributed by atoms with Crippen molar-refractivity contribution in [2.75, 3.05) is 7.11 Å². The zero-order valence-corrected chi connectivity index (χ0v) is 19.1. The van der Waals surface area contributed by atoms with Crippen LogP contribution in [-0.2, 0) is 9.59 Å². The molecule has 1 saturated carbocycles. The van der Waals surface area contributed by atoms with Crippen LogP contribution in [0.3, 0.4) is 0 Å². The highest BCUT2D eigenvalue weighted by Crippen LogP contribution is 2.44. The first-order chi connectivity index (χ1) is 15.3.